The van der Waals surface area contributed by atoms with Crippen LogP contribution in [0, 0.1) is 27.7 Å². The number of benzene rings is 2. The number of aryl methyl sites for hydroxylation is 4. The van der Waals surface area contributed by atoms with Crippen LogP contribution >= 0.6 is 0 Å². The fourth-order valence-electron chi connectivity index (χ4n) is 3.55. The second-order valence-electron chi connectivity index (χ2n) is 6.84. The van der Waals surface area contributed by atoms with Crippen molar-refractivity contribution < 1.29 is 5.94 Å². The molecular weight excluding hydrogens is 292 g/mol. The van der Waals surface area contributed by atoms with Crippen LogP contribution in [0.3, 0.4) is 0 Å². The molecular formula is C22H23N2+. The van der Waals surface area contributed by atoms with Gasteiger partial charge in [0.25, 0.3) is 5.82 Å². The molecule has 0 bridgehead atoms. The standard InChI is InChI=1S/C22H23N2/c1-14-6-9-20-19(12-14)18-8-7-16(3)17(4)22(18)24(20)21-13-15(2)10-11-23(21)5/h6-13H,1-5H3/q+1/i11D. The molecule has 4 aromatic rings. The zero-order valence-electron chi connectivity index (χ0n) is 15.9. The molecule has 2 aromatic carbocycles. The lowest BCUT2D eigenvalue weighted by Gasteiger charge is -2.07. The summed E-state index contributed by atoms with van der Waals surface area (Å²) in [5, 5.41) is 2.54. The van der Waals surface area contributed by atoms with Gasteiger partial charge in [0, 0.05) is 16.8 Å². The fourth-order valence-corrected chi connectivity index (χ4v) is 3.55. The summed E-state index contributed by atoms with van der Waals surface area (Å²) in [6.07, 6.45) is 0.516. The minimum absolute atomic E-state index is 0.516. The molecule has 0 aliphatic heterocycles. The summed E-state index contributed by atoms with van der Waals surface area (Å²) in [6, 6.07) is 15.1. The Hall–Kier alpha value is -2.61. The van der Waals surface area contributed by atoms with Crippen molar-refractivity contribution in [2.45, 2.75) is 27.7 Å². The SMILES string of the molecule is [2H]c1cc(C)cc(-n2c3ccc(C)cc3c3ccc(C)c(C)c32)[n+]1C. The molecule has 2 heterocycles. The number of hydrogen-bond donors (Lipinski definition) is 0. The number of aromatic nitrogens is 2. The summed E-state index contributed by atoms with van der Waals surface area (Å²) in [6.45, 7) is 8.54. The molecule has 4 rings (SSSR count). The van der Waals surface area contributed by atoms with Gasteiger partial charge in [0.1, 0.15) is 12.4 Å². The van der Waals surface area contributed by atoms with Crippen molar-refractivity contribution in [3.8, 4) is 5.82 Å². The highest BCUT2D eigenvalue weighted by atomic mass is 15.1. The van der Waals surface area contributed by atoms with E-state index in [1.54, 1.807) is 0 Å². The Bertz CT molecular complexity index is 1150. The molecule has 120 valence electrons. The van der Waals surface area contributed by atoms with Crippen molar-refractivity contribution in [2.24, 2.45) is 7.05 Å². The first-order valence-electron chi connectivity index (χ1n) is 8.87. The van der Waals surface area contributed by atoms with Crippen LogP contribution in [-0.4, -0.2) is 4.57 Å². The number of pyridine rings is 1. The predicted octanol–water partition coefficient (Wildman–Crippen LogP) is 4.84. The minimum Gasteiger partial charge on any atom is -0.237 e. The van der Waals surface area contributed by atoms with Crippen molar-refractivity contribution in [1.29, 1.82) is 0 Å². The second-order valence-corrected chi connectivity index (χ2v) is 6.84. The summed E-state index contributed by atoms with van der Waals surface area (Å²) >= 11 is 0. The van der Waals surface area contributed by atoms with E-state index in [9.17, 15) is 0 Å². The molecule has 2 heteroatoms. The maximum atomic E-state index is 8.30. The van der Waals surface area contributed by atoms with Crippen LogP contribution in [0.15, 0.2) is 48.6 Å². The molecule has 0 amide bonds. The molecule has 0 saturated heterocycles. The summed E-state index contributed by atoms with van der Waals surface area (Å²) in [5.41, 5.74) is 7.37. The van der Waals surface area contributed by atoms with Crippen LogP contribution in [0.25, 0.3) is 27.6 Å². The quantitative estimate of drug-likeness (QED) is 0.444. The first-order valence-corrected chi connectivity index (χ1v) is 8.37. The number of nitrogens with zero attached hydrogens (tertiary/aromatic N) is 2. The van der Waals surface area contributed by atoms with E-state index in [0.29, 0.717) is 6.17 Å². The summed E-state index contributed by atoms with van der Waals surface area (Å²) in [4.78, 5) is 0. The third-order valence-corrected chi connectivity index (χ3v) is 5.02. The number of fused-ring (bicyclic) bond motifs is 3. The lowest BCUT2D eigenvalue weighted by molar-refractivity contribution is -0.665. The van der Waals surface area contributed by atoms with Crippen molar-refractivity contribution in [3.63, 3.8) is 0 Å². The van der Waals surface area contributed by atoms with Gasteiger partial charge in [-0.2, -0.15) is 4.57 Å². The zero-order chi connectivity index (χ0) is 17.9. The van der Waals surface area contributed by atoms with Crippen molar-refractivity contribution in [3.05, 3.63) is 70.9 Å². The van der Waals surface area contributed by atoms with E-state index in [2.05, 4.69) is 68.7 Å². The largest absolute Gasteiger partial charge is 0.286 e. The Morgan fingerprint density at radius 3 is 2.42 bits per heavy atom. The first kappa shape index (κ1) is 13.8. The van der Waals surface area contributed by atoms with Crippen molar-refractivity contribution in [2.75, 3.05) is 0 Å². The van der Waals surface area contributed by atoms with Gasteiger partial charge in [-0.05, 0) is 68.7 Å². The zero-order valence-corrected chi connectivity index (χ0v) is 14.9. The molecule has 0 atom stereocenters. The molecule has 2 nitrogen and oxygen atoms in total. The van der Waals surface area contributed by atoms with Gasteiger partial charge in [-0.15, -0.1) is 0 Å². The Morgan fingerprint density at radius 1 is 0.875 bits per heavy atom. The van der Waals surface area contributed by atoms with Gasteiger partial charge < -0.3 is 0 Å². The van der Waals surface area contributed by atoms with E-state index >= 15 is 0 Å². The Balaban J connectivity index is 2.28. The van der Waals surface area contributed by atoms with Gasteiger partial charge in [-0.25, -0.2) is 4.57 Å². The monoisotopic (exact) mass is 316 g/mol. The predicted molar refractivity (Wildman–Crippen MR) is 101 cm³/mol. The van der Waals surface area contributed by atoms with Crippen LogP contribution < -0.4 is 4.57 Å². The molecule has 0 unspecified atom stereocenters. The molecule has 0 saturated carbocycles. The molecule has 0 aliphatic rings. The summed E-state index contributed by atoms with van der Waals surface area (Å²) in [5.74, 6) is 1.03. The lowest BCUT2D eigenvalue weighted by Crippen LogP contribution is -2.33. The Morgan fingerprint density at radius 2 is 1.62 bits per heavy atom. The third kappa shape index (κ3) is 2.06. The van der Waals surface area contributed by atoms with Gasteiger partial charge in [0.15, 0.2) is 0 Å². The smallest absolute Gasteiger partial charge is 0.237 e. The molecule has 0 aliphatic carbocycles. The van der Waals surface area contributed by atoms with E-state index in [1.165, 1.54) is 38.5 Å². The van der Waals surface area contributed by atoms with Gasteiger partial charge in [-0.3, -0.25) is 0 Å². The third-order valence-electron chi connectivity index (χ3n) is 5.02. The molecule has 0 radical (unpaired) electrons. The Labute approximate surface area is 144 Å². The summed E-state index contributed by atoms with van der Waals surface area (Å²) < 4.78 is 12.6. The molecule has 0 spiro atoms. The topological polar surface area (TPSA) is 8.81 Å². The van der Waals surface area contributed by atoms with E-state index in [1.807, 2.05) is 17.7 Å². The lowest BCUT2D eigenvalue weighted by atomic mass is 10.0. The average molecular weight is 316 g/mol. The maximum Gasteiger partial charge on any atom is 0.286 e. The van der Waals surface area contributed by atoms with Crippen LogP contribution in [-0.2, 0) is 7.05 Å². The molecule has 0 N–H and O–H groups in total. The molecule has 2 aromatic heterocycles. The van der Waals surface area contributed by atoms with Crippen LogP contribution in [0.4, 0.5) is 0 Å². The van der Waals surface area contributed by atoms with Crippen molar-refractivity contribution in [1.82, 2.24) is 4.57 Å². The molecule has 0 fully saturated rings. The minimum atomic E-state index is 0.516. The van der Waals surface area contributed by atoms with Gasteiger partial charge in [0.05, 0.1) is 13.2 Å². The van der Waals surface area contributed by atoms with E-state index < -0.39 is 0 Å². The average Bonchev–Trinajstić information content (AvgIpc) is 2.88. The van der Waals surface area contributed by atoms with E-state index in [0.717, 1.165) is 11.4 Å². The maximum absolute atomic E-state index is 8.30. The van der Waals surface area contributed by atoms with Crippen LogP contribution in [0.1, 0.15) is 23.6 Å². The van der Waals surface area contributed by atoms with Gasteiger partial charge in [-0.1, -0.05) is 17.7 Å². The first-order chi connectivity index (χ1) is 11.9. The highest BCUT2D eigenvalue weighted by molar-refractivity contribution is 6.10. The van der Waals surface area contributed by atoms with Crippen LogP contribution in [0.2, 0.25) is 0 Å². The number of hydrogen-bond acceptors (Lipinski definition) is 0. The fraction of sp³-hybridized carbons (Fsp3) is 0.227. The highest BCUT2D eigenvalue weighted by Crippen LogP contribution is 2.34. The molecule has 24 heavy (non-hydrogen) atoms. The van der Waals surface area contributed by atoms with Gasteiger partial charge in [0.2, 0.25) is 0 Å². The van der Waals surface area contributed by atoms with Crippen LogP contribution in [0.5, 0.6) is 0 Å². The van der Waals surface area contributed by atoms with Gasteiger partial charge >= 0.3 is 0 Å². The van der Waals surface area contributed by atoms with E-state index in [-0.39, 0.29) is 0 Å². The highest BCUT2D eigenvalue weighted by Gasteiger charge is 2.22. The second kappa shape index (κ2) is 5.20. The Kier molecular flexibility index (Phi) is 2.99. The normalized spacial score (nSPS) is 12.1. The van der Waals surface area contributed by atoms with Crippen molar-refractivity contribution >= 4 is 21.8 Å². The number of rotatable bonds is 1. The van der Waals surface area contributed by atoms with E-state index in [4.69, 9.17) is 1.37 Å². The summed E-state index contributed by atoms with van der Waals surface area (Å²) in [7, 11) is 1.97.